The minimum Gasteiger partial charge on any atom is -0.496 e. The Labute approximate surface area is 131 Å². The number of ether oxygens (including phenoxy) is 1. The van der Waals surface area contributed by atoms with E-state index in [9.17, 15) is 4.79 Å². The Kier molecular flexibility index (Phi) is 4.61. The predicted molar refractivity (Wildman–Crippen MR) is 84.5 cm³/mol. The molecule has 2 aromatic rings. The summed E-state index contributed by atoms with van der Waals surface area (Å²) in [7, 11) is 1.52. The molecule has 1 amide bonds. The van der Waals surface area contributed by atoms with Crippen molar-refractivity contribution in [3.8, 4) is 11.8 Å². The second kappa shape index (κ2) is 6.42. The fourth-order valence-corrected chi connectivity index (χ4v) is 2.62. The van der Waals surface area contributed by atoms with Crippen LogP contribution in [0.4, 0.5) is 5.69 Å². The lowest BCUT2D eigenvalue weighted by Gasteiger charge is -2.13. The average molecular weight is 345 g/mol. The van der Waals surface area contributed by atoms with Crippen molar-refractivity contribution in [3.63, 3.8) is 0 Å². The summed E-state index contributed by atoms with van der Waals surface area (Å²) in [5.74, 6) is 0.198. The number of benzene rings is 2. The summed E-state index contributed by atoms with van der Waals surface area (Å²) in [6.45, 7) is 1.86. The lowest BCUT2D eigenvalue weighted by atomic mass is 10.1. The van der Waals surface area contributed by atoms with E-state index in [1.165, 1.54) is 7.11 Å². The molecule has 5 heteroatoms. The third kappa shape index (κ3) is 3.23. The number of amides is 1. The summed E-state index contributed by atoms with van der Waals surface area (Å²) >= 11 is 3.37. The molecule has 21 heavy (non-hydrogen) atoms. The molecular weight excluding hydrogens is 332 g/mol. The molecule has 0 aliphatic carbocycles. The molecule has 0 aliphatic heterocycles. The van der Waals surface area contributed by atoms with Crippen LogP contribution < -0.4 is 10.1 Å². The van der Waals surface area contributed by atoms with Crippen LogP contribution in [0.3, 0.4) is 0 Å². The van der Waals surface area contributed by atoms with Crippen molar-refractivity contribution in [1.82, 2.24) is 0 Å². The van der Waals surface area contributed by atoms with Crippen LogP contribution in [0.25, 0.3) is 0 Å². The van der Waals surface area contributed by atoms with Crippen molar-refractivity contribution in [3.05, 3.63) is 57.6 Å². The standard InChI is InChI=1S/C16H13BrN2O2/c1-10-7-12(17)8-13(15(10)21-2)16(20)19-14-6-4-3-5-11(14)9-18/h3-8H,1-2H3,(H,19,20). The molecule has 0 heterocycles. The lowest BCUT2D eigenvalue weighted by molar-refractivity contribution is 0.102. The van der Waals surface area contributed by atoms with Crippen LogP contribution in [-0.4, -0.2) is 13.0 Å². The van der Waals surface area contributed by atoms with Gasteiger partial charge in [0, 0.05) is 4.47 Å². The van der Waals surface area contributed by atoms with E-state index in [-0.39, 0.29) is 5.91 Å². The van der Waals surface area contributed by atoms with Gasteiger partial charge >= 0.3 is 0 Å². The Bertz CT molecular complexity index is 736. The maximum absolute atomic E-state index is 12.4. The van der Waals surface area contributed by atoms with Gasteiger partial charge in [-0.1, -0.05) is 28.1 Å². The third-order valence-electron chi connectivity index (χ3n) is 2.98. The number of carbonyl (C=O) groups excluding carboxylic acids is 1. The predicted octanol–water partition coefficient (Wildman–Crippen LogP) is 3.89. The van der Waals surface area contributed by atoms with Crippen molar-refractivity contribution in [2.24, 2.45) is 0 Å². The molecule has 0 fully saturated rings. The Morgan fingerprint density at radius 1 is 1.33 bits per heavy atom. The second-order valence-electron chi connectivity index (χ2n) is 4.42. The Hall–Kier alpha value is -2.32. The molecule has 0 saturated carbocycles. The van der Waals surface area contributed by atoms with E-state index in [0.717, 1.165) is 10.0 Å². The number of nitrogens with one attached hydrogen (secondary N) is 1. The lowest BCUT2D eigenvalue weighted by Crippen LogP contribution is -2.14. The minimum atomic E-state index is -0.320. The molecule has 1 N–H and O–H groups in total. The smallest absolute Gasteiger partial charge is 0.259 e. The highest BCUT2D eigenvalue weighted by Crippen LogP contribution is 2.28. The maximum atomic E-state index is 12.4. The van der Waals surface area contributed by atoms with Gasteiger partial charge in [0.2, 0.25) is 0 Å². The van der Waals surface area contributed by atoms with Crippen molar-refractivity contribution in [1.29, 1.82) is 5.26 Å². The first kappa shape index (κ1) is 15.1. The molecule has 0 radical (unpaired) electrons. The number of nitrogens with zero attached hydrogens (tertiary/aromatic N) is 1. The van der Waals surface area contributed by atoms with Gasteiger partial charge in [0.25, 0.3) is 5.91 Å². The van der Waals surface area contributed by atoms with Gasteiger partial charge in [0.05, 0.1) is 23.9 Å². The Morgan fingerprint density at radius 3 is 2.71 bits per heavy atom. The monoisotopic (exact) mass is 344 g/mol. The zero-order chi connectivity index (χ0) is 15.4. The normalized spacial score (nSPS) is 9.81. The second-order valence-corrected chi connectivity index (χ2v) is 5.33. The molecule has 4 nitrogen and oxygen atoms in total. The molecule has 0 aromatic heterocycles. The first-order chi connectivity index (χ1) is 10.1. The summed E-state index contributed by atoms with van der Waals surface area (Å²) in [5, 5.41) is 11.8. The molecule has 2 rings (SSSR count). The number of carbonyl (C=O) groups is 1. The first-order valence-electron chi connectivity index (χ1n) is 6.21. The number of nitriles is 1. The van der Waals surface area contributed by atoms with Gasteiger partial charge < -0.3 is 10.1 Å². The van der Waals surface area contributed by atoms with Crippen LogP contribution >= 0.6 is 15.9 Å². The number of halogens is 1. The van der Waals surface area contributed by atoms with Crippen molar-refractivity contribution >= 4 is 27.5 Å². The van der Waals surface area contributed by atoms with Gasteiger partial charge in [-0.3, -0.25) is 4.79 Å². The molecule has 0 unspecified atom stereocenters. The first-order valence-corrected chi connectivity index (χ1v) is 7.00. The van der Waals surface area contributed by atoms with Gasteiger partial charge in [-0.15, -0.1) is 0 Å². The number of anilines is 1. The van der Waals surface area contributed by atoms with Gasteiger partial charge in [-0.25, -0.2) is 0 Å². The van der Waals surface area contributed by atoms with Crippen LogP contribution in [0.5, 0.6) is 5.75 Å². The van der Waals surface area contributed by atoms with E-state index in [2.05, 4.69) is 21.2 Å². The van der Waals surface area contributed by atoms with Gasteiger partial charge in [-0.2, -0.15) is 5.26 Å². The summed E-state index contributed by atoms with van der Waals surface area (Å²) in [5.41, 5.74) is 2.16. The Balaban J connectivity index is 2.40. The van der Waals surface area contributed by atoms with Crippen molar-refractivity contribution < 1.29 is 9.53 Å². The number of methoxy groups -OCH3 is 1. The zero-order valence-corrected chi connectivity index (χ0v) is 13.2. The minimum absolute atomic E-state index is 0.320. The molecule has 2 aromatic carbocycles. The number of aryl methyl sites for hydroxylation is 1. The van der Waals surface area contributed by atoms with E-state index < -0.39 is 0 Å². The van der Waals surface area contributed by atoms with Crippen LogP contribution in [0.1, 0.15) is 21.5 Å². The highest BCUT2D eigenvalue weighted by atomic mass is 79.9. The highest BCUT2D eigenvalue weighted by Gasteiger charge is 2.16. The summed E-state index contributed by atoms with van der Waals surface area (Å²) in [4.78, 5) is 12.4. The molecule has 0 spiro atoms. The molecule has 0 atom stereocenters. The van der Waals surface area contributed by atoms with Crippen LogP contribution in [-0.2, 0) is 0 Å². The molecule has 0 aliphatic rings. The molecule has 0 bridgehead atoms. The number of hydrogen-bond acceptors (Lipinski definition) is 3. The van der Waals surface area contributed by atoms with Gasteiger partial charge in [-0.05, 0) is 36.8 Å². The number of para-hydroxylation sites is 1. The van der Waals surface area contributed by atoms with E-state index in [0.29, 0.717) is 22.6 Å². The average Bonchev–Trinajstić information content (AvgIpc) is 2.47. The SMILES string of the molecule is COc1c(C)cc(Br)cc1C(=O)Nc1ccccc1C#N. The zero-order valence-electron chi connectivity index (χ0n) is 11.6. The van der Waals surface area contributed by atoms with Crippen LogP contribution in [0.15, 0.2) is 40.9 Å². The molecular formula is C16H13BrN2O2. The van der Waals surface area contributed by atoms with E-state index in [1.807, 2.05) is 19.1 Å². The quantitative estimate of drug-likeness (QED) is 0.918. The summed E-state index contributed by atoms with van der Waals surface area (Å²) in [6.07, 6.45) is 0. The Morgan fingerprint density at radius 2 is 2.05 bits per heavy atom. The topological polar surface area (TPSA) is 62.1 Å². The maximum Gasteiger partial charge on any atom is 0.259 e. The fourth-order valence-electron chi connectivity index (χ4n) is 2.05. The van der Waals surface area contributed by atoms with E-state index in [4.69, 9.17) is 10.00 Å². The highest BCUT2D eigenvalue weighted by molar-refractivity contribution is 9.10. The van der Waals surface area contributed by atoms with Crippen molar-refractivity contribution in [2.75, 3.05) is 12.4 Å². The molecule has 0 saturated heterocycles. The van der Waals surface area contributed by atoms with Gasteiger partial charge in [0.15, 0.2) is 0 Å². The third-order valence-corrected chi connectivity index (χ3v) is 3.44. The van der Waals surface area contributed by atoms with E-state index >= 15 is 0 Å². The van der Waals surface area contributed by atoms with Crippen LogP contribution in [0, 0.1) is 18.3 Å². The van der Waals surface area contributed by atoms with E-state index in [1.54, 1.807) is 30.3 Å². The number of rotatable bonds is 3. The summed E-state index contributed by atoms with van der Waals surface area (Å²) in [6, 6.07) is 12.5. The fraction of sp³-hybridized carbons (Fsp3) is 0.125. The van der Waals surface area contributed by atoms with Crippen molar-refractivity contribution in [2.45, 2.75) is 6.92 Å². The van der Waals surface area contributed by atoms with Gasteiger partial charge in [0.1, 0.15) is 11.8 Å². The largest absolute Gasteiger partial charge is 0.496 e. The number of hydrogen-bond donors (Lipinski definition) is 1. The van der Waals surface area contributed by atoms with Crippen LogP contribution in [0.2, 0.25) is 0 Å². The summed E-state index contributed by atoms with van der Waals surface area (Å²) < 4.78 is 6.09. The molecule has 106 valence electrons.